The van der Waals surface area contributed by atoms with E-state index in [1.165, 1.54) is 0 Å². The zero-order valence-corrected chi connectivity index (χ0v) is 10.5. The zero-order chi connectivity index (χ0) is 12.5. The Morgan fingerprint density at radius 1 is 1.39 bits per heavy atom. The van der Waals surface area contributed by atoms with E-state index in [1.54, 1.807) is 19.8 Å². The summed E-state index contributed by atoms with van der Waals surface area (Å²) < 4.78 is 13.0. The number of rotatable bonds is 3. The summed E-state index contributed by atoms with van der Waals surface area (Å²) in [4.78, 5) is 12.8. The van der Waals surface area contributed by atoms with E-state index in [0.717, 1.165) is 29.7 Å². The van der Waals surface area contributed by atoms with Gasteiger partial charge in [0.05, 0.1) is 24.7 Å². The number of ether oxygens (including phenoxy) is 2. The third-order valence-corrected chi connectivity index (χ3v) is 3.29. The van der Waals surface area contributed by atoms with Crippen LogP contribution in [-0.2, 0) is 9.47 Å². The summed E-state index contributed by atoms with van der Waals surface area (Å²) in [6.45, 7) is 2.57. The van der Waals surface area contributed by atoms with Gasteiger partial charge in [-0.1, -0.05) is 0 Å². The standard InChI is InChI=1S/C12H16N4O2/c1-8-11-12(14-6-13-8)16(7-15-11)10-4-3-9(18-10)5-17-2/h6-7,9-10H,3-5H2,1-2H3/t9-,10+/m0/s1. The smallest absolute Gasteiger partial charge is 0.165 e. The second-order valence-corrected chi connectivity index (χ2v) is 4.53. The molecule has 0 unspecified atom stereocenters. The first-order chi connectivity index (χ1) is 8.79. The molecule has 0 bridgehead atoms. The lowest BCUT2D eigenvalue weighted by molar-refractivity contribution is -0.0300. The SMILES string of the molecule is COC[C@@H]1CC[C@H](n2cnc3c(C)ncnc32)O1. The Bertz CT molecular complexity index is 554. The van der Waals surface area contributed by atoms with Crippen LogP contribution < -0.4 is 0 Å². The molecular weight excluding hydrogens is 232 g/mol. The van der Waals surface area contributed by atoms with Gasteiger partial charge in [-0.05, 0) is 19.8 Å². The minimum absolute atomic E-state index is 0.00412. The normalized spacial score (nSPS) is 23.9. The molecule has 3 heterocycles. The molecule has 0 aromatic carbocycles. The molecule has 6 heteroatoms. The molecule has 0 aliphatic carbocycles. The highest BCUT2D eigenvalue weighted by atomic mass is 16.5. The van der Waals surface area contributed by atoms with Crippen molar-refractivity contribution in [3.8, 4) is 0 Å². The summed E-state index contributed by atoms with van der Waals surface area (Å²) in [6.07, 6.45) is 5.49. The van der Waals surface area contributed by atoms with E-state index in [0.29, 0.717) is 6.61 Å². The van der Waals surface area contributed by atoms with E-state index in [1.807, 2.05) is 11.5 Å². The lowest BCUT2D eigenvalue weighted by Gasteiger charge is -2.14. The highest BCUT2D eigenvalue weighted by Crippen LogP contribution is 2.30. The van der Waals surface area contributed by atoms with Crippen LogP contribution in [0.15, 0.2) is 12.7 Å². The summed E-state index contributed by atoms with van der Waals surface area (Å²) in [5.41, 5.74) is 2.58. The molecule has 1 aliphatic rings. The molecule has 0 radical (unpaired) electrons. The molecule has 18 heavy (non-hydrogen) atoms. The number of aromatic nitrogens is 4. The molecule has 0 saturated carbocycles. The van der Waals surface area contributed by atoms with Crippen LogP contribution in [0.5, 0.6) is 0 Å². The van der Waals surface area contributed by atoms with Gasteiger partial charge >= 0.3 is 0 Å². The topological polar surface area (TPSA) is 62.1 Å². The summed E-state index contributed by atoms with van der Waals surface area (Å²) in [6, 6.07) is 0. The van der Waals surface area contributed by atoms with E-state index >= 15 is 0 Å². The third-order valence-electron chi connectivity index (χ3n) is 3.29. The van der Waals surface area contributed by atoms with E-state index in [-0.39, 0.29) is 12.3 Å². The van der Waals surface area contributed by atoms with Crippen molar-refractivity contribution in [1.82, 2.24) is 19.5 Å². The molecule has 2 aromatic heterocycles. The average Bonchev–Trinajstić information content (AvgIpc) is 2.96. The van der Waals surface area contributed by atoms with Gasteiger partial charge in [0.1, 0.15) is 18.1 Å². The number of aryl methyl sites for hydroxylation is 1. The Hall–Kier alpha value is -1.53. The molecular formula is C12H16N4O2. The van der Waals surface area contributed by atoms with Gasteiger partial charge in [-0.25, -0.2) is 15.0 Å². The second-order valence-electron chi connectivity index (χ2n) is 4.53. The monoisotopic (exact) mass is 248 g/mol. The fourth-order valence-electron chi connectivity index (χ4n) is 2.38. The van der Waals surface area contributed by atoms with Gasteiger partial charge < -0.3 is 9.47 Å². The predicted molar refractivity (Wildman–Crippen MR) is 65.1 cm³/mol. The summed E-state index contributed by atoms with van der Waals surface area (Å²) in [5.74, 6) is 0. The Balaban J connectivity index is 1.89. The molecule has 96 valence electrons. The summed E-state index contributed by atoms with van der Waals surface area (Å²) >= 11 is 0. The maximum absolute atomic E-state index is 5.93. The van der Waals surface area contributed by atoms with Crippen LogP contribution in [0.4, 0.5) is 0 Å². The lowest BCUT2D eigenvalue weighted by atomic mass is 10.2. The number of nitrogens with zero attached hydrogens (tertiary/aromatic N) is 4. The Labute approximate surface area is 105 Å². The Morgan fingerprint density at radius 2 is 2.28 bits per heavy atom. The number of methoxy groups -OCH3 is 1. The van der Waals surface area contributed by atoms with Crippen LogP contribution in [0.25, 0.3) is 11.2 Å². The predicted octanol–water partition coefficient (Wildman–Crippen LogP) is 1.46. The minimum Gasteiger partial charge on any atom is -0.382 e. The van der Waals surface area contributed by atoms with Gasteiger partial charge in [0.15, 0.2) is 5.65 Å². The fraction of sp³-hybridized carbons (Fsp3) is 0.583. The molecule has 2 aromatic rings. The maximum Gasteiger partial charge on any atom is 0.165 e. The first-order valence-corrected chi connectivity index (χ1v) is 6.08. The van der Waals surface area contributed by atoms with Gasteiger partial charge in [-0.3, -0.25) is 4.57 Å². The fourth-order valence-corrected chi connectivity index (χ4v) is 2.38. The molecule has 3 rings (SSSR count). The van der Waals surface area contributed by atoms with Crippen LogP contribution >= 0.6 is 0 Å². The molecule has 1 fully saturated rings. The number of fused-ring (bicyclic) bond motifs is 1. The first kappa shape index (κ1) is 11.6. The van der Waals surface area contributed by atoms with Gasteiger partial charge in [0.25, 0.3) is 0 Å². The third kappa shape index (κ3) is 1.87. The van der Waals surface area contributed by atoms with Crippen LogP contribution in [-0.4, -0.2) is 39.3 Å². The van der Waals surface area contributed by atoms with Crippen molar-refractivity contribution in [1.29, 1.82) is 0 Å². The van der Waals surface area contributed by atoms with Crippen molar-refractivity contribution in [2.45, 2.75) is 32.1 Å². The molecule has 1 aliphatic heterocycles. The highest BCUT2D eigenvalue weighted by Gasteiger charge is 2.27. The van der Waals surface area contributed by atoms with Crippen molar-refractivity contribution >= 4 is 11.2 Å². The maximum atomic E-state index is 5.93. The quantitative estimate of drug-likeness (QED) is 0.822. The lowest BCUT2D eigenvalue weighted by Crippen LogP contribution is -2.15. The number of imidazole rings is 1. The van der Waals surface area contributed by atoms with Crippen molar-refractivity contribution in [3.05, 3.63) is 18.3 Å². The van der Waals surface area contributed by atoms with Gasteiger partial charge in [-0.2, -0.15) is 0 Å². The molecule has 0 amide bonds. The molecule has 2 atom stereocenters. The number of hydrogen-bond acceptors (Lipinski definition) is 5. The van der Waals surface area contributed by atoms with Crippen LogP contribution in [0, 0.1) is 6.92 Å². The van der Waals surface area contributed by atoms with Gasteiger partial charge in [0.2, 0.25) is 0 Å². The molecule has 0 spiro atoms. The zero-order valence-electron chi connectivity index (χ0n) is 10.5. The highest BCUT2D eigenvalue weighted by molar-refractivity contribution is 5.72. The average molecular weight is 248 g/mol. The van der Waals surface area contributed by atoms with Gasteiger partial charge in [-0.15, -0.1) is 0 Å². The van der Waals surface area contributed by atoms with E-state index in [2.05, 4.69) is 15.0 Å². The van der Waals surface area contributed by atoms with E-state index in [4.69, 9.17) is 9.47 Å². The molecule has 1 saturated heterocycles. The molecule has 6 nitrogen and oxygen atoms in total. The minimum atomic E-state index is 0.00412. The first-order valence-electron chi connectivity index (χ1n) is 6.08. The van der Waals surface area contributed by atoms with Crippen molar-refractivity contribution in [3.63, 3.8) is 0 Å². The van der Waals surface area contributed by atoms with Crippen LogP contribution in [0.3, 0.4) is 0 Å². The summed E-state index contributed by atoms with van der Waals surface area (Å²) in [5, 5.41) is 0. The van der Waals surface area contributed by atoms with Crippen molar-refractivity contribution in [2.75, 3.05) is 13.7 Å². The van der Waals surface area contributed by atoms with Gasteiger partial charge in [0, 0.05) is 7.11 Å². The van der Waals surface area contributed by atoms with Crippen molar-refractivity contribution < 1.29 is 9.47 Å². The molecule has 0 N–H and O–H groups in total. The largest absolute Gasteiger partial charge is 0.382 e. The Kier molecular flexibility index (Phi) is 2.97. The second kappa shape index (κ2) is 4.62. The number of hydrogen-bond donors (Lipinski definition) is 0. The van der Waals surface area contributed by atoms with Crippen LogP contribution in [0.1, 0.15) is 24.8 Å². The van der Waals surface area contributed by atoms with Crippen LogP contribution in [0.2, 0.25) is 0 Å². The van der Waals surface area contributed by atoms with E-state index in [9.17, 15) is 0 Å². The van der Waals surface area contributed by atoms with E-state index < -0.39 is 0 Å². The summed E-state index contributed by atoms with van der Waals surface area (Å²) in [7, 11) is 1.69. The Morgan fingerprint density at radius 3 is 3.11 bits per heavy atom. The van der Waals surface area contributed by atoms with Crippen molar-refractivity contribution in [2.24, 2.45) is 0 Å².